The van der Waals surface area contributed by atoms with E-state index in [1.165, 1.54) is 0 Å². The van der Waals surface area contributed by atoms with Gasteiger partial charge in [0.25, 0.3) is 5.91 Å². The lowest BCUT2D eigenvalue weighted by Crippen LogP contribution is -2.47. The van der Waals surface area contributed by atoms with Crippen molar-refractivity contribution in [1.29, 1.82) is 0 Å². The maximum atomic E-state index is 12.8. The molecule has 3 amide bonds. The van der Waals surface area contributed by atoms with Crippen molar-refractivity contribution in [2.75, 3.05) is 51.3 Å². The molecule has 3 aliphatic rings. The molecule has 4 rings (SSSR count). The highest BCUT2D eigenvalue weighted by atomic mass is 16.5. The van der Waals surface area contributed by atoms with Crippen LogP contribution in [-0.4, -0.2) is 73.7 Å². The van der Waals surface area contributed by atoms with Crippen LogP contribution in [0.25, 0.3) is 0 Å². The Labute approximate surface area is 153 Å². The van der Waals surface area contributed by atoms with Gasteiger partial charge in [-0.05, 0) is 30.0 Å². The zero-order valence-electron chi connectivity index (χ0n) is 15.2. The average Bonchev–Trinajstić information content (AvgIpc) is 3.05. The van der Waals surface area contributed by atoms with Gasteiger partial charge in [0.2, 0.25) is 0 Å². The van der Waals surface area contributed by atoms with Gasteiger partial charge in [-0.1, -0.05) is 13.0 Å². The van der Waals surface area contributed by atoms with E-state index in [9.17, 15) is 9.59 Å². The van der Waals surface area contributed by atoms with Crippen LogP contribution >= 0.6 is 0 Å². The summed E-state index contributed by atoms with van der Waals surface area (Å²) in [5, 5.41) is 5.88. The number of fused-ring (bicyclic) bond motifs is 1. The molecule has 2 N–H and O–H groups in total. The normalized spacial score (nSPS) is 26.3. The molecule has 7 heteroatoms. The summed E-state index contributed by atoms with van der Waals surface area (Å²) in [6.45, 7) is 7.73. The van der Waals surface area contributed by atoms with Gasteiger partial charge in [-0.15, -0.1) is 0 Å². The molecule has 3 heterocycles. The van der Waals surface area contributed by atoms with Crippen molar-refractivity contribution in [3.63, 3.8) is 0 Å². The number of carbonyl (C=O) groups is 2. The average molecular weight is 358 g/mol. The van der Waals surface area contributed by atoms with Crippen LogP contribution in [0, 0.1) is 5.92 Å². The van der Waals surface area contributed by atoms with E-state index in [2.05, 4.69) is 22.5 Å². The van der Waals surface area contributed by atoms with Gasteiger partial charge >= 0.3 is 6.03 Å². The van der Waals surface area contributed by atoms with E-state index in [4.69, 9.17) is 4.74 Å². The lowest BCUT2D eigenvalue weighted by atomic mass is 9.98. The molecule has 2 fully saturated rings. The molecule has 0 radical (unpaired) electrons. The van der Waals surface area contributed by atoms with Crippen LogP contribution in [0.15, 0.2) is 18.2 Å². The second-order valence-corrected chi connectivity index (χ2v) is 7.37. The maximum Gasteiger partial charge on any atom is 0.321 e. The van der Waals surface area contributed by atoms with Crippen molar-refractivity contribution in [2.45, 2.75) is 19.4 Å². The number of nitrogens with zero attached hydrogens (tertiary/aromatic N) is 2. The number of carbonyl (C=O) groups excluding carboxylic acids is 2. The second kappa shape index (κ2) is 7.25. The number of ether oxygens (including phenoxy) is 1. The summed E-state index contributed by atoms with van der Waals surface area (Å²) in [7, 11) is 0. The summed E-state index contributed by atoms with van der Waals surface area (Å²) in [6.07, 6.45) is 0.740. The lowest BCUT2D eigenvalue weighted by Gasteiger charge is -2.34. The fourth-order valence-electron chi connectivity index (χ4n) is 4.28. The molecule has 0 spiro atoms. The predicted molar refractivity (Wildman–Crippen MR) is 98.4 cm³/mol. The van der Waals surface area contributed by atoms with E-state index in [1.807, 2.05) is 23.1 Å². The summed E-state index contributed by atoms with van der Waals surface area (Å²) in [5.74, 6) is 0.374. The van der Waals surface area contributed by atoms with E-state index in [0.29, 0.717) is 24.1 Å². The molecule has 0 saturated carbocycles. The first-order valence-electron chi connectivity index (χ1n) is 9.41. The molecule has 140 valence electrons. The third-order valence-corrected chi connectivity index (χ3v) is 5.70. The Bertz CT molecular complexity index is 702. The van der Waals surface area contributed by atoms with Crippen molar-refractivity contribution in [3.8, 4) is 0 Å². The van der Waals surface area contributed by atoms with Crippen LogP contribution in [0.4, 0.5) is 10.5 Å². The van der Waals surface area contributed by atoms with Crippen molar-refractivity contribution in [1.82, 2.24) is 15.1 Å². The highest BCUT2D eigenvalue weighted by Crippen LogP contribution is 2.26. The fraction of sp³-hybridized carbons (Fsp3) is 0.579. The van der Waals surface area contributed by atoms with E-state index in [1.54, 1.807) is 0 Å². The molecule has 0 aliphatic carbocycles. The van der Waals surface area contributed by atoms with Gasteiger partial charge in [0.1, 0.15) is 0 Å². The Hall–Kier alpha value is -2.12. The fourth-order valence-corrected chi connectivity index (χ4v) is 4.28. The summed E-state index contributed by atoms with van der Waals surface area (Å²) in [6, 6.07) is 5.83. The summed E-state index contributed by atoms with van der Waals surface area (Å²) in [5.41, 5.74) is 2.35. The number of amides is 3. The van der Waals surface area contributed by atoms with E-state index < -0.39 is 0 Å². The SMILES string of the molecule is CC1CN(C(=O)Nc2cccc3c2CCNC3=O)CC1N1CCOCC1. The number of rotatable bonds is 2. The predicted octanol–water partition coefficient (Wildman–Crippen LogP) is 1.16. The second-order valence-electron chi connectivity index (χ2n) is 7.37. The van der Waals surface area contributed by atoms with Crippen LogP contribution in [-0.2, 0) is 11.2 Å². The summed E-state index contributed by atoms with van der Waals surface area (Å²) < 4.78 is 5.44. The highest BCUT2D eigenvalue weighted by molar-refractivity contribution is 6.00. The molecular formula is C19H26N4O3. The number of hydrogen-bond donors (Lipinski definition) is 2. The van der Waals surface area contributed by atoms with Gasteiger partial charge in [-0.3, -0.25) is 9.69 Å². The molecule has 2 unspecified atom stereocenters. The maximum absolute atomic E-state index is 12.8. The first-order valence-corrected chi connectivity index (χ1v) is 9.41. The van der Waals surface area contributed by atoms with E-state index in [-0.39, 0.29) is 11.9 Å². The molecule has 0 aromatic heterocycles. The van der Waals surface area contributed by atoms with Crippen LogP contribution in [0.2, 0.25) is 0 Å². The lowest BCUT2D eigenvalue weighted by molar-refractivity contribution is 0.0123. The Kier molecular flexibility index (Phi) is 4.82. The molecule has 3 aliphatic heterocycles. The number of benzene rings is 1. The van der Waals surface area contributed by atoms with Crippen LogP contribution < -0.4 is 10.6 Å². The zero-order chi connectivity index (χ0) is 18.1. The number of urea groups is 1. The number of hydrogen-bond acceptors (Lipinski definition) is 4. The number of anilines is 1. The quantitative estimate of drug-likeness (QED) is 0.832. The highest BCUT2D eigenvalue weighted by Gasteiger charge is 2.36. The first-order chi connectivity index (χ1) is 12.6. The smallest absolute Gasteiger partial charge is 0.321 e. The molecule has 0 bridgehead atoms. The van der Waals surface area contributed by atoms with E-state index >= 15 is 0 Å². The molecule has 2 atom stereocenters. The van der Waals surface area contributed by atoms with Gasteiger partial charge in [0.15, 0.2) is 0 Å². The van der Waals surface area contributed by atoms with E-state index in [0.717, 1.165) is 57.1 Å². The van der Waals surface area contributed by atoms with Crippen LogP contribution in [0.1, 0.15) is 22.8 Å². The minimum absolute atomic E-state index is 0.0653. The minimum atomic E-state index is -0.0769. The zero-order valence-corrected chi connectivity index (χ0v) is 15.2. The number of morpholine rings is 1. The van der Waals surface area contributed by atoms with Gasteiger partial charge < -0.3 is 20.3 Å². The summed E-state index contributed by atoms with van der Waals surface area (Å²) in [4.78, 5) is 29.2. The monoisotopic (exact) mass is 358 g/mol. The Morgan fingerprint density at radius 3 is 2.88 bits per heavy atom. The standard InChI is InChI=1S/C19H26N4O3/c1-13-11-23(12-17(13)22-7-9-26-10-8-22)19(25)21-16-4-2-3-15-14(16)5-6-20-18(15)24/h2-4,13,17H,5-12H2,1H3,(H,20,24)(H,21,25). The minimum Gasteiger partial charge on any atom is -0.379 e. The Morgan fingerprint density at radius 2 is 2.08 bits per heavy atom. The summed E-state index contributed by atoms with van der Waals surface area (Å²) >= 11 is 0. The molecule has 7 nitrogen and oxygen atoms in total. The molecular weight excluding hydrogens is 332 g/mol. The van der Waals surface area contributed by atoms with Gasteiger partial charge in [-0.25, -0.2) is 4.79 Å². The van der Waals surface area contributed by atoms with Gasteiger partial charge in [0, 0.05) is 50.0 Å². The van der Waals surface area contributed by atoms with Gasteiger partial charge in [-0.2, -0.15) is 0 Å². The molecule has 26 heavy (non-hydrogen) atoms. The number of nitrogens with one attached hydrogen (secondary N) is 2. The topological polar surface area (TPSA) is 73.9 Å². The van der Waals surface area contributed by atoms with Crippen molar-refractivity contribution in [2.24, 2.45) is 5.92 Å². The third-order valence-electron chi connectivity index (χ3n) is 5.70. The first kappa shape index (κ1) is 17.3. The number of likely N-dealkylation sites (tertiary alicyclic amines) is 1. The Balaban J connectivity index is 1.44. The van der Waals surface area contributed by atoms with Crippen LogP contribution in [0.5, 0.6) is 0 Å². The van der Waals surface area contributed by atoms with Gasteiger partial charge in [0.05, 0.1) is 13.2 Å². The largest absolute Gasteiger partial charge is 0.379 e. The molecule has 2 saturated heterocycles. The molecule has 1 aromatic carbocycles. The molecule has 1 aromatic rings. The van der Waals surface area contributed by atoms with Crippen molar-refractivity contribution < 1.29 is 14.3 Å². The third kappa shape index (κ3) is 3.29. The van der Waals surface area contributed by atoms with Crippen molar-refractivity contribution in [3.05, 3.63) is 29.3 Å². The van der Waals surface area contributed by atoms with Crippen molar-refractivity contribution >= 4 is 17.6 Å². The Morgan fingerprint density at radius 1 is 1.27 bits per heavy atom. The van der Waals surface area contributed by atoms with Crippen LogP contribution in [0.3, 0.4) is 0 Å².